The minimum atomic E-state index is 0.0418. The molecule has 0 amide bonds. The van der Waals surface area contributed by atoms with E-state index in [1.165, 1.54) is 0 Å². The van der Waals surface area contributed by atoms with Crippen LogP contribution in [0, 0.1) is 6.92 Å². The van der Waals surface area contributed by atoms with Crippen LogP contribution in [0.3, 0.4) is 0 Å². The van der Waals surface area contributed by atoms with Gasteiger partial charge in [0.15, 0.2) is 0 Å². The first-order chi connectivity index (χ1) is 12.0. The van der Waals surface area contributed by atoms with Crippen LogP contribution < -0.4 is 10.9 Å². The van der Waals surface area contributed by atoms with Crippen LogP contribution in [-0.4, -0.2) is 20.0 Å². The van der Waals surface area contributed by atoms with Gasteiger partial charge in [0.05, 0.1) is 6.20 Å². The molecular weight excluding hydrogens is 312 g/mol. The van der Waals surface area contributed by atoms with Crippen LogP contribution in [0.2, 0.25) is 0 Å². The number of pyridine rings is 2. The van der Waals surface area contributed by atoms with Crippen LogP contribution in [0.25, 0.3) is 16.8 Å². The van der Waals surface area contributed by atoms with Gasteiger partial charge in [0.1, 0.15) is 11.5 Å². The van der Waals surface area contributed by atoms with Crippen molar-refractivity contribution < 1.29 is 0 Å². The van der Waals surface area contributed by atoms with Gasteiger partial charge in [0, 0.05) is 36.6 Å². The molecule has 0 aliphatic rings. The molecule has 0 aliphatic heterocycles. The minimum Gasteiger partial charge on any atom is -0.367 e. The molecule has 0 saturated heterocycles. The van der Waals surface area contributed by atoms with E-state index in [4.69, 9.17) is 0 Å². The molecule has 0 bridgehead atoms. The van der Waals surface area contributed by atoms with E-state index in [0.29, 0.717) is 6.04 Å². The standard InChI is InChI=1S/C20H26N4O/c1-5-7-17(6-2)22-19-11-21-18-9-8-15(13-24(18)19)16-10-14(3)20(25)23(4)12-16/h8-13,17,22H,5-7H2,1-4H3. The number of imidazole rings is 1. The lowest BCUT2D eigenvalue weighted by Crippen LogP contribution is -2.19. The summed E-state index contributed by atoms with van der Waals surface area (Å²) in [4.78, 5) is 16.4. The zero-order chi connectivity index (χ0) is 18.0. The second-order valence-electron chi connectivity index (χ2n) is 6.66. The average Bonchev–Trinajstić information content (AvgIpc) is 3.01. The number of nitrogens with one attached hydrogen (secondary N) is 1. The van der Waals surface area contributed by atoms with E-state index in [1.807, 2.05) is 31.5 Å². The van der Waals surface area contributed by atoms with Crippen molar-refractivity contribution in [1.82, 2.24) is 14.0 Å². The molecule has 1 unspecified atom stereocenters. The van der Waals surface area contributed by atoms with Crippen LogP contribution in [-0.2, 0) is 7.05 Å². The van der Waals surface area contributed by atoms with E-state index in [-0.39, 0.29) is 5.56 Å². The largest absolute Gasteiger partial charge is 0.367 e. The Labute approximate surface area is 148 Å². The van der Waals surface area contributed by atoms with E-state index in [1.54, 1.807) is 11.6 Å². The molecule has 5 nitrogen and oxygen atoms in total. The fraction of sp³-hybridized carbons (Fsp3) is 0.400. The van der Waals surface area contributed by atoms with Crippen molar-refractivity contribution in [2.75, 3.05) is 5.32 Å². The maximum absolute atomic E-state index is 11.9. The van der Waals surface area contributed by atoms with Gasteiger partial charge in [-0.2, -0.15) is 0 Å². The minimum absolute atomic E-state index is 0.0418. The van der Waals surface area contributed by atoms with E-state index < -0.39 is 0 Å². The third-order valence-corrected chi connectivity index (χ3v) is 4.68. The normalized spacial score (nSPS) is 12.5. The quantitative estimate of drug-likeness (QED) is 0.739. The van der Waals surface area contributed by atoms with Crippen LogP contribution in [0.4, 0.5) is 5.82 Å². The number of anilines is 1. The molecule has 1 atom stereocenters. The number of nitrogens with zero attached hydrogens (tertiary/aromatic N) is 3. The highest BCUT2D eigenvalue weighted by Crippen LogP contribution is 2.23. The molecule has 1 N–H and O–H groups in total. The van der Waals surface area contributed by atoms with E-state index in [9.17, 15) is 4.79 Å². The van der Waals surface area contributed by atoms with Gasteiger partial charge < -0.3 is 9.88 Å². The molecule has 0 fully saturated rings. The van der Waals surface area contributed by atoms with Gasteiger partial charge in [-0.15, -0.1) is 0 Å². The summed E-state index contributed by atoms with van der Waals surface area (Å²) in [7, 11) is 1.79. The predicted octanol–water partition coefficient (Wildman–Crippen LogP) is 4.00. The third kappa shape index (κ3) is 3.45. The Morgan fingerprint density at radius 1 is 1.20 bits per heavy atom. The van der Waals surface area contributed by atoms with Gasteiger partial charge in [-0.3, -0.25) is 9.20 Å². The molecule has 3 aromatic rings. The lowest BCUT2D eigenvalue weighted by atomic mass is 10.1. The first-order valence-electron chi connectivity index (χ1n) is 8.94. The number of aromatic nitrogens is 3. The summed E-state index contributed by atoms with van der Waals surface area (Å²) >= 11 is 0. The summed E-state index contributed by atoms with van der Waals surface area (Å²) in [5.41, 5.74) is 3.80. The van der Waals surface area contributed by atoms with E-state index in [2.05, 4.69) is 40.8 Å². The summed E-state index contributed by atoms with van der Waals surface area (Å²) in [6, 6.07) is 6.46. The lowest BCUT2D eigenvalue weighted by Gasteiger charge is -2.17. The first kappa shape index (κ1) is 17.3. The maximum atomic E-state index is 11.9. The summed E-state index contributed by atoms with van der Waals surface area (Å²) in [6.45, 7) is 6.26. The summed E-state index contributed by atoms with van der Waals surface area (Å²) in [6.07, 6.45) is 9.24. The fourth-order valence-electron chi connectivity index (χ4n) is 3.23. The molecule has 132 valence electrons. The molecule has 3 heterocycles. The Kier molecular flexibility index (Phi) is 4.93. The highest BCUT2D eigenvalue weighted by Gasteiger charge is 2.10. The average molecular weight is 338 g/mol. The number of hydrogen-bond acceptors (Lipinski definition) is 3. The van der Waals surface area contributed by atoms with Gasteiger partial charge in [0.2, 0.25) is 0 Å². The predicted molar refractivity (Wildman–Crippen MR) is 103 cm³/mol. The summed E-state index contributed by atoms with van der Waals surface area (Å²) in [5.74, 6) is 1.01. The molecule has 0 spiro atoms. The number of fused-ring (bicyclic) bond motifs is 1. The SMILES string of the molecule is CCCC(CC)Nc1cnc2ccc(-c3cc(C)c(=O)n(C)c3)cn12. The molecule has 3 rings (SSSR count). The number of aryl methyl sites for hydroxylation is 2. The van der Waals surface area contributed by atoms with Crippen LogP contribution >= 0.6 is 0 Å². The molecule has 25 heavy (non-hydrogen) atoms. The summed E-state index contributed by atoms with van der Waals surface area (Å²) < 4.78 is 3.73. The van der Waals surface area contributed by atoms with Crippen LogP contribution in [0.15, 0.2) is 41.6 Å². The van der Waals surface area contributed by atoms with Gasteiger partial charge in [-0.05, 0) is 43.5 Å². The molecule has 0 saturated carbocycles. The van der Waals surface area contributed by atoms with Crippen molar-refractivity contribution in [2.24, 2.45) is 7.05 Å². The Bertz CT molecular complexity index is 912. The van der Waals surface area contributed by atoms with Gasteiger partial charge >= 0.3 is 0 Å². The second-order valence-corrected chi connectivity index (χ2v) is 6.66. The Balaban J connectivity index is 2.02. The maximum Gasteiger partial charge on any atom is 0.253 e. The molecule has 0 aromatic carbocycles. The highest BCUT2D eigenvalue weighted by molar-refractivity contribution is 5.66. The Morgan fingerprint density at radius 2 is 2.00 bits per heavy atom. The monoisotopic (exact) mass is 338 g/mol. The number of rotatable bonds is 6. The van der Waals surface area contributed by atoms with Crippen LogP contribution in [0.1, 0.15) is 38.7 Å². The molecule has 0 radical (unpaired) electrons. The van der Waals surface area contributed by atoms with Crippen molar-refractivity contribution in [3.05, 3.63) is 52.7 Å². The highest BCUT2D eigenvalue weighted by atomic mass is 16.1. The topological polar surface area (TPSA) is 51.3 Å². The lowest BCUT2D eigenvalue weighted by molar-refractivity contribution is 0.620. The molecule has 0 aliphatic carbocycles. The molecule has 5 heteroatoms. The van der Waals surface area contributed by atoms with Gasteiger partial charge in [0.25, 0.3) is 5.56 Å². The van der Waals surface area contributed by atoms with Crippen molar-refractivity contribution in [3.8, 4) is 11.1 Å². The Morgan fingerprint density at radius 3 is 2.68 bits per heavy atom. The van der Waals surface area contributed by atoms with Crippen molar-refractivity contribution in [2.45, 2.75) is 46.1 Å². The molecule has 3 aromatic heterocycles. The van der Waals surface area contributed by atoms with Crippen molar-refractivity contribution in [1.29, 1.82) is 0 Å². The zero-order valence-corrected chi connectivity index (χ0v) is 15.4. The molecular formula is C20H26N4O. The number of hydrogen-bond donors (Lipinski definition) is 1. The van der Waals surface area contributed by atoms with E-state index >= 15 is 0 Å². The smallest absolute Gasteiger partial charge is 0.253 e. The van der Waals surface area contributed by atoms with Crippen LogP contribution in [0.5, 0.6) is 0 Å². The zero-order valence-electron chi connectivity index (χ0n) is 15.4. The van der Waals surface area contributed by atoms with Gasteiger partial charge in [-0.1, -0.05) is 20.3 Å². The van der Waals surface area contributed by atoms with Crippen molar-refractivity contribution in [3.63, 3.8) is 0 Å². The second kappa shape index (κ2) is 7.13. The van der Waals surface area contributed by atoms with Gasteiger partial charge in [-0.25, -0.2) is 4.98 Å². The first-order valence-corrected chi connectivity index (χ1v) is 8.94. The van der Waals surface area contributed by atoms with E-state index in [0.717, 1.165) is 47.4 Å². The Hall–Kier alpha value is -2.56. The van der Waals surface area contributed by atoms with Crippen molar-refractivity contribution >= 4 is 11.5 Å². The summed E-state index contributed by atoms with van der Waals surface area (Å²) in [5, 5.41) is 3.61. The third-order valence-electron chi connectivity index (χ3n) is 4.68. The fourth-order valence-corrected chi connectivity index (χ4v) is 3.23.